The topological polar surface area (TPSA) is 112 Å². The van der Waals surface area contributed by atoms with E-state index in [-0.39, 0.29) is 0 Å². The van der Waals surface area contributed by atoms with Crippen LogP contribution in [0.2, 0.25) is 0 Å². The van der Waals surface area contributed by atoms with E-state index in [4.69, 9.17) is 0 Å². The summed E-state index contributed by atoms with van der Waals surface area (Å²) in [7, 11) is 0. The summed E-state index contributed by atoms with van der Waals surface area (Å²) < 4.78 is 0. The van der Waals surface area contributed by atoms with Gasteiger partial charge in [0.05, 0.1) is 48.9 Å². The maximum atomic E-state index is 4.66. The summed E-state index contributed by atoms with van der Waals surface area (Å²) in [4.78, 5) is 0. The van der Waals surface area contributed by atoms with Crippen molar-refractivity contribution in [1.29, 1.82) is 0 Å². The van der Waals surface area contributed by atoms with E-state index in [1.165, 1.54) is 22.3 Å². The molecule has 50 heavy (non-hydrogen) atoms. The second-order valence-corrected chi connectivity index (χ2v) is 12.6. The molecule has 0 bridgehead atoms. The Morgan fingerprint density at radius 3 is 0.700 bits per heavy atom. The molecule has 12 nitrogen and oxygen atoms in total. The molecule has 0 amide bonds. The Hall–Kier alpha value is -5.52. The van der Waals surface area contributed by atoms with Gasteiger partial charge in [0.15, 0.2) is 0 Å². The maximum Gasteiger partial charge on any atom is 0.0874 e. The number of benzene rings is 4. The van der Waals surface area contributed by atoms with Crippen molar-refractivity contribution < 1.29 is 0 Å². The molecular weight excluding hydrogens is 625 g/mol. The van der Waals surface area contributed by atoms with Gasteiger partial charge in [-0.05, 0) is 89.1 Å². The van der Waals surface area contributed by atoms with Gasteiger partial charge in [-0.25, -0.2) is 0 Å². The summed E-state index contributed by atoms with van der Waals surface area (Å²) in [5.74, 6) is 0. The molecule has 0 saturated carbocycles. The lowest BCUT2D eigenvalue weighted by atomic mass is 10.2. The predicted octanol–water partition coefficient (Wildman–Crippen LogP) is 10.0. The molecule has 1 fully saturated rings. The van der Waals surface area contributed by atoms with Crippen LogP contribution in [-0.2, 0) is 0 Å². The SMILES string of the molecule is Cc1ccc(N=NN2CCCN(N=Nc3ccc(C)cc3)CCN(N=Nc3ccc(C)cc3)CCCN(N=Nc3ccc(C)cc3)CC2)cc1. The Kier molecular flexibility index (Phi) is 13.5. The number of hydrogen-bond acceptors (Lipinski definition) is 8. The van der Waals surface area contributed by atoms with Gasteiger partial charge in [0.2, 0.25) is 0 Å². The minimum absolute atomic E-state index is 0.629. The highest BCUT2D eigenvalue weighted by molar-refractivity contribution is 5.39. The molecule has 0 spiro atoms. The predicted molar refractivity (Wildman–Crippen MR) is 198 cm³/mol. The van der Waals surface area contributed by atoms with Crippen molar-refractivity contribution in [2.75, 3.05) is 52.4 Å². The van der Waals surface area contributed by atoms with Crippen LogP contribution in [0.3, 0.4) is 0 Å². The largest absolute Gasteiger partial charge is 0.277 e. The van der Waals surface area contributed by atoms with E-state index in [0.717, 1.165) is 35.6 Å². The molecule has 1 heterocycles. The van der Waals surface area contributed by atoms with Crippen LogP contribution in [0.15, 0.2) is 138 Å². The molecule has 0 radical (unpaired) electrons. The van der Waals surface area contributed by atoms with Gasteiger partial charge < -0.3 is 0 Å². The van der Waals surface area contributed by atoms with E-state index < -0.39 is 0 Å². The monoisotopic (exact) mass is 672 g/mol. The lowest BCUT2D eigenvalue weighted by Crippen LogP contribution is -2.36. The molecule has 0 N–H and O–H groups in total. The lowest BCUT2D eigenvalue weighted by Gasteiger charge is -2.27. The van der Waals surface area contributed by atoms with Crippen molar-refractivity contribution in [3.8, 4) is 0 Å². The summed E-state index contributed by atoms with van der Waals surface area (Å²) in [6.07, 6.45) is 1.60. The number of aryl methyl sites for hydroxylation is 4. The number of rotatable bonds is 8. The molecule has 4 aromatic carbocycles. The van der Waals surface area contributed by atoms with E-state index in [9.17, 15) is 0 Å². The normalized spacial score (nSPS) is 15.9. The van der Waals surface area contributed by atoms with Gasteiger partial charge in [0, 0.05) is 26.2 Å². The highest BCUT2D eigenvalue weighted by Crippen LogP contribution is 2.18. The van der Waals surface area contributed by atoms with Crippen molar-refractivity contribution in [2.45, 2.75) is 40.5 Å². The first-order chi connectivity index (χ1) is 24.4. The van der Waals surface area contributed by atoms with E-state index in [2.05, 4.69) is 69.0 Å². The third-order valence-electron chi connectivity index (χ3n) is 8.18. The van der Waals surface area contributed by atoms with E-state index in [1.54, 1.807) is 0 Å². The fourth-order valence-electron chi connectivity index (χ4n) is 5.04. The van der Waals surface area contributed by atoms with Crippen LogP contribution in [0.4, 0.5) is 22.7 Å². The molecule has 4 aromatic rings. The van der Waals surface area contributed by atoms with Gasteiger partial charge in [0.25, 0.3) is 0 Å². The zero-order valence-corrected chi connectivity index (χ0v) is 29.7. The molecule has 0 aliphatic carbocycles. The van der Waals surface area contributed by atoms with Crippen LogP contribution in [0.25, 0.3) is 0 Å². The highest BCUT2D eigenvalue weighted by Gasteiger charge is 2.13. The van der Waals surface area contributed by atoms with Crippen molar-refractivity contribution >= 4 is 22.7 Å². The van der Waals surface area contributed by atoms with Crippen LogP contribution in [0.1, 0.15) is 35.1 Å². The van der Waals surface area contributed by atoms with Gasteiger partial charge >= 0.3 is 0 Å². The average molecular weight is 673 g/mol. The van der Waals surface area contributed by atoms with Crippen LogP contribution in [-0.4, -0.2) is 72.4 Å². The summed E-state index contributed by atoms with van der Waals surface area (Å²) in [5.41, 5.74) is 8.02. The summed E-state index contributed by atoms with van der Waals surface area (Å²) in [6, 6.07) is 32.3. The minimum atomic E-state index is 0.629. The smallest absolute Gasteiger partial charge is 0.0874 e. The third-order valence-corrected chi connectivity index (χ3v) is 8.18. The van der Waals surface area contributed by atoms with Gasteiger partial charge in [-0.2, -0.15) is 0 Å². The summed E-state index contributed by atoms with van der Waals surface area (Å²) >= 11 is 0. The molecule has 0 aromatic heterocycles. The summed E-state index contributed by atoms with van der Waals surface area (Å²) in [5, 5.41) is 44.9. The second-order valence-electron chi connectivity index (χ2n) is 12.6. The Bertz CT molecular complexity index is 1440. The maximum absolute atomic E-state index is 4.66. The van der Waals surface area contributed by atoms with Gasteiger partial charge in [0.1, 0.15) is 0 Å². The van der Waals surface area contributed by atoms with Crippen LogP contribution in [0.5, 0.6) is 0 Å². The molecule has 5 rings (SSSR count). The molecule has 12 heteroatoms. The molecular formula is C38H48N12. The van der Waals surface area contributed by atoms with E-state index in [0.29, 0.717) is 52.4 Å². The van der Waals surface area contributed by atoms with Gasteiger partial charge in [-0.15, -0.1) is 20.5 Å². The van der Waals surface area contributed by atoms with E-state index in [1.807, 2.05) is 117 Å². The lowest BCUT2D eigenvalue weighted by molar-refractivity contribution is 0.152. The Balaban J connectivity index is 1.35. The van der Waals surface area contributed by atoms with Crippen molar-refractivity contribution in [3.63, 3.8) is 0 Å². The zero-order valence-electron chi connectivity index (χ0n) is 29.7. The first-order valence-corrected chi connectivity index (χ1v) is 17.3. The molecule has 1 aliphatic heterocycles. The third kappa shape index (κ3) is 12.5. The van der Waals surface area contributed by atoms with Crippen molar-refractivity contribution in [1.82, 2.24) is 20.0 Å². The van der Waals surface area contributed by atoms with Crippen molar-refractivity contribution in [2.24, 2.45) is 41.4 Å². The molecule has 260 valence electrons. The number of nitrogens with zero attached hydrogens (tertiary/aromatic N) is 12. The van der Waals surface area contributed by atoms with E-state index >= 15 is 0 Å². The second kappa shape index (κ2) is 18.9. The van der Waals surface area contributed by atoms with Gasteiger partial charge in [-0.3, -0.25) is 20.0 Å². The fraction of sp³-hybridized carbons (Fsp3) is 0.368. The Morgan fingerprint density at radius 1 is 0.300 bits per heavy atom. The quantitative estimate of drug-likeness (QED) is 0.173. The highest BCUT2D eigenvalue weighted by atomic mass is 15.6. The average Bonchev–Trinajstić information content (AvgIpc) is 3.12. The first kappa shape index (κ1) is 35.8. The Morgan fingerprint density at radius 2 is 0.500 bits per heavy atom. The molecule has 1 saturated heterocycles. The first-order valence-electron chi connectivity index (χ1n) is 17.3. The van der Waals surface area contributed by atoms with Crippen LogP contribution >= 0.6 is 0 Å². The standard InChI is InChI=1S/C38H48N12/c1-31-7-15-35(16-8-31)39-43-47-23-5-24-49(45-41-37-19-11-33(3)12-20-37)29-30-50(46-42-38-21-13-34(4)14-22-38)26-6-25-48(28-27-47)44-40-36-17-9-32(2)10-18-36/h7-22H,5-6,23-30H2,1-4H3. The Labute approximate surface area is 295 Å². The number of hydrogen-bond donors (Lipinski definition) is 0. The summed E-state index contributed by atoms with van der Waals surface area (Å²) in [6.45, 7) is 13.5. The molecule has 1 aliphatic rings. The molecule has 0 unspecified atom stereocenters. The zero-order chi connectivity index (χ0) is 35.0. The molecule has 0 atom stereocenters. The van der Waals surface area contributed by atoms with Crippen LogP contribution in [0, 0.1) is 27.7 Å². The fourth-order valence-corrected chi connectivity index (χ4v) is 5.04. The van der Waals surface area contributed by atoms with Crippen molar-refractivity contribution in [3.05, 3.63) is 119 Å². The van der Waals surface area contributed by atoms with Crippen LogP contribution < -0.4 is 0 Å². The minimum Gasteiger partial charge on any atom is -0.277 e. The van der Waals surface area contributed by atoms with Gasteiger partial charge in [-0.1, -0.05) is 91.7 Å².